The highest BCUT2D eigenvalue weighted by Gasteiger charge is 2.27. The van der Waals surface area contributed by atoms with E-state index in [0.29, 0.717) is 12.6 Å². The summed E-state index contributed by atoms with van der Waals surface area (Å²) in [5, 5.41) is 9.94. The van der Waals surface area contributed by atoms with E-state index in [0.717, 1.165) is 49.6 Å². The molecule has 3 aromatic rings. The zero-order chi connectivity index (χ0) is 24.2. The van der Waals surface area contributed by atoms with Crippen LogP contribution in [0.1, 0.15) is 56.6 Å². The van der Waals surface area contributed by atoms with Gasteiger partial charge in [-0.2, -0.15) is 0 Å². The van der Waals surface area contributed by atoms with Gasteiger partial charge >= 0.3 is 0 Å². The fourth-order valence-corrected chi connectivity index (χ4v) is 4.86. The first-order valence-electron chi connectivity index (χ1n) is 12.7. The summed E-state index contributed by atoms with van der Waals surface area (Å²) in [6, 6.07) is 17.5. The Bertz CT molecular complexity index is 1110. The van der Waals surface area contributed by atoms with E-state index in [9.17, 15) is 4.79 Å². The molecule has 3 heterocycles. The average Bonchev–Trinajstić information content (AvgIpc) is 3.61. The maximum atomic E-state index is 12.7. The van der Waals surface area contributed by atoms with E-state index in [-0.39, 0.29) is 24.0 Å². The van der Waals surface area contributed by atoms with Crippen LogP contribution in [0.4, 0.5) is 0 Å². The zero-order valence-corrected chi connectivity index (χ0v) is 20.5. The maximum Gasteiger partial charge on any atom is 0.249 e. The van der Waals surface area contributed by atoms with Crippen molar-refractivity contribution in [2.45, 2.75) is 51.3 Å². The highest BCUT2D eigenvalue weighted by Crippen LogP contribution is 2.28. The summed E-state index contributed by atoms with van der Waals surface area (Å²) in [7, 11) is 0. The van der Waals surface area contributed by atoms with E-state index in [1.807, 2.05) is 6.20 Å². The molecule has 0 radical (unpaired) electrons. The van der Waals surface area contributed by atoms with Crippen LogP contribution < -0.4 is 16.0 Å². The number of H-pyrrole nitrogens is 1. The van der Waals surface area contributed by atoms with Crippen LogP contribution in [-0.2, 0) is 9.53 Å². The van der Waals surface area contributed by atoms with Gasteiger partial charge in [0.1, 0.15) is 11.9 Å². The first-order chi connectivity index (χ1) is 17.1. The summed E-state index contributed by atoms with van der Waals surface area (Å²) in [5.41, 5.74) is 5.69. The number of benzene rings is 2. The number of imidazole rings is 1. The molecule has 5 rings (SSSR count). The van der Waals surface area contributed by atoms with Crippen molar-refractivity contribution in [3.63, 3.8) is 0 Å². The van der Waals surface area contributed by atoms with Gasteiger partial charge in [0.25, 0.3) is 0 Å². The van der Waals surface area contributed by atoms with Gasteiger partial charge in [-0.1, -0.05) is 62.4 Å². The Labute approximate surface area is 207 Å². The number of ether oxygens (including phenoxy) is 1. The van der Waals surface area contributed by atoms with Crippen molar-refractivity contribution in [2.75, 3.05) is 19.8 Å². The molecule has 7 nitrogen and oxygen atoms in total. The van der Waals surface area contributed by atoms with Gasteiger partial charge in [-0.25, -0.2) is 4.98 Å². The zero-order valence-electron chi connectivity index (χ0n) is 20.5. The van der Waals surface area contributed by atoms with Gasteiger partial charge in [0.2, 0.25) is 5.91 Å². The molecule has 0 spiro atoms. The van der Waals surface area contributed by atoms with Crippen LogP contribution >= 0.6 is 0 Å². The Kier molecular flexibility index (Phi) is 7.27. The number of rotatable bonds is 7. The van der Waals surface area contributed by atoms with Crippen LogP contribution in [-0.4, -0.2) is 41.8 Å². The number of carbonyl (C=O) groups excluding carboxylic acids is 1. The lowest BCUT2D eigenvalue weighted by molar-refractivity contribution is -0.136. The number of aromatic nitrogens is 2. The lowest BCUT2D eigenvalue weighted by atomic mass is 10.00. The predicted octanol–water partition coefficient (Wildman–Crippen LogP) is 4.32. The third-order valence-electron chi connectivity index (χ3n) is 6.99. The van der Waals surface area contributed by atoms with E-state index in [1.54, 1.807) is 0 Å². The quantitative estimate of drug-likeness (QED) is 0.410. The Morgan fingerprint density at radius 1 is 1.03 bits per heavy atom. The highest BCUT2D eigenvalue weighted by atomic mass is 16.5. The van der Waals surface area contributed by atoms with Crippen LogP contribution in [0.15, 0.2) is 54.7 Å². The summed E-state index contributed by atoms with van der Waals surface area (Å²) < 4.78 is 5.66. The summed E-state index contributed by atoms with van der Waals surface area (Å²) in [6.07, 6.45) is 4.33. The largest absolute Gasteiger partial charge is 0.368 e. The van der Waals surface area contributed by atoms with Gasteiger partial charge in [0.15, 0.2) is 0 Å². The Morgan fingerprint density at radius 3 is 2.37 bits per heavy atom. The topological polar surface area (TPSA) is 91.1 Å². The van der Waals surface area contributed by atoms with Gasteiger partial charge in [-0.15, -0.1) is 0 Å². The molecule has 0 aliphatic carbocycles. The molecule has 2 aliphatic heterocycles. The minimum absolute atomic E-state index is 0.0447. The predicted molar refractivity (Wildman–Crippen MR) is 138 cm³/mol. The number of nitrogens with one attached hydrogen (secondary N) is 4. The van der Waals surface area contributed by atoms with Crippen molar-refractivity contribution in [3.8, 4) is 22.4 Å². The van der Waals surface area contributed by atoms with Crippen molar-refractivity contribution in [3.05, 3.63) is 66.1 Å². The third-order valence-corrected chi connectivity index (χ3v) is 6.99. The second-order valence-corrected chi connectivity index (χ2v) is 9.85. The summed E-state index contributed by atoms with van der Waals surface area (Å²) in [5.74, 6) is 0.924. The third kappa shape index (κ3) is 5.48. The molecule has 1 amide bonds. The number of hydrogen-bond acceptors (Lipinski definition) is 5. The molecular formula is C28H35N5O2. The normalized spacial score (nSPS) is 21.2. The van der Waals surface area contributed by atoms with Crippen LogP contribution in [0.5, 0.6) is 0 Å². The van der Waals surface area contributed by atoms with E-state index < -0.39 is 0 Å². The lowest BCUT2D eigenvalue weighted by Crippen LogP contribution is -2.42. The summed E-state index contributed by atoms with van der Waals surface area (Å²) >= 11 is 0. The molecule has 0 bridgehead atoms. The van der Waals surface area contributed by atoms with Crippen molar-refractivity contribution in [1.29, 1.82) is 0 Å². The molecule has 2 saturated heterocycles. The Hall–Kier alpha value is -3.00. The van der Waals surface area contributed by atoms with Crippen molar-refractivity contribution in [2.24, 2.45) is 5.92 Å². The molecule has 0 saturated carbocycles. The van der Waals surface area contributed by atoms with Crippen molar-refractivity contribution in [1.82, 2.24) is 25.9 Å². The number of carbonyl (C=O) groups is 1. The fourth-order valence-electron chi connectivity index (χ4n) is 4.86. The Morgan fingerprint density at radius 2 is 1.74 bits per heavy atom. The second kappa shape index (κ2) is 10.7. The molecule has 3 atom stereocenters. The first kappa shape index (κ1) is 23.7. The minimum atomic E-state index is -0.355. The number of hydrogen-bond donors (Lipinski definition) is 4. The van der Waals surface area contributed by atoms with Gasteiger partial charge in [0.05, 0.1) is 17.9 Å². The average molecular weight is 474 g/mol. The summed E-state index contributed by atoms with van der Waals surface area (Å²) in [6.45, 7) is 6.67. The molecule has 7 heteroatoms. The van der Waals surface area contributed by atoms with Crippen LogP contribution in [0.3, 0.4) is 0 Å². The van der Waals surface area contributed by atoms with E-state index >= 15 is 0 Å². The van der Waals surface area contributed by atoms with Gasteiger partial charge in [0, 0.05) is 25.9 Å². The van der Waals surface area contributed by atoms with Gasteiger partial charge in [-0.3, -0.25) is 10.1 Å². The van der Waals surface area contributed by atoms with Crippen molar-refractivity contribution >= 4 is 5.91 Å². The molecule has 4 N–H and O–H groups in total. The highest BCUT2D eigenvalue weighted by molar-refractivity contribution is 5.81. The fraction of sp³-hybridized carbons (Fsp3) is 0.429. The molecular weight excluding hydrogens is 438 g/mol. The standard InChI is InChI=1S/C28H35N5O2/c1-18(2)26(33-28(34)25-5-3-4-14-35-25)27-30-16-24(32-27)22-12-8-20(9-13-22)19-6-10-21(11-7-19)23-15-29-17-31-23/h6-13,16,18,23,25-26,29,31H,3-5,14-15,17H2,1-2H3,(H,30,32)(H,33,34)/t23?,25?,26-/m0/s1. The smallest absolute Gasteiger partial charge is 0.249 e. The minimum Gasteiger partial charge on any atom is -0.368 e. The second-order valence-electron chi connectivity index (χ2n) is 9.85. The van der Waals surface area contributed by atoms with Crippen molar-refractivity contribution < 1.29 is 9.53 Å². The maximum absolute atomic E-state index is 12.7. The summed E-state index contributed by atoms with van der Waals surface area (Å²) in [4.78, 5) is 20.8. The lowest BCUT2D eigenvalue weighted by Gasteiger charge is -2.26. The van der Waals surface area contributed by atoms with Gasteiger partial charge < -0.3 is 20.4 Å². The van der Waals surface area contributed by atoms with E-state index in [2.05, 4.69) is 88.3 Å². The van der Waals surface area contributed by atoms with E-state index in [4.69, 9.17) is 4.74 Å². The van der Waals surface area contributed by atoms with Crippen LogP contribution in [0, 0.1) is 5.92 Å². The molecule has 2 unspecified atom stereocenters. The molecule has 184 valence electrons. The van der Waals surface area contributed by atoms with Gasteiger partial charge in [-0.05, 0) is 47.4 Å². The van der Waals surface area contributed by atoms with Crippen LogP contribution in [0.25, 0.3) is 22.4 Å². The monoisotopic (exact) mass is 473 g/mol. The molecule has 2 fully saturated rings. The molecule has 2 aliphatic rings. The number of amides is 1. The van der Waals surface area contributed by atoms with Crippen LogP contribution in [0.2, 0.25) is 0 Å². The van der Waals surface area contributed by atoms with E-state index in [1.165, 1.54) is 16.7 Å². The molecule has 1 aromatic heterocycles. The molecule has 2 aromatic carbocycles. The first-order valence-corrected chi connectivity index (χ1v) is 12.7. The Balaban J connectivity index is 1.27. The number of aromatic amines is 1. The SMILES string of the molecule is CC(C)[C@H](NC(=O)C1CCCCO1)c1ncc(-c2ccc(-c3ccc(C4CNCN4)cc3)cc2)[nH]1. The number of nitrogens with zero attached hydrogens (tertiary/aromatic N) is 1. The molecule has 35 heavy (non-hydrogen) atoms.